The van der Waals surface area contributed by atoms with Crippen LogP contribution >= 0.6 is 7.80 Å². The Kier molecular flexibility index (Phi) is 3.02. The van der Waals surface area contributed by atoms with Crippen LogP contribution in [0.1, 0.15) is 0 Å². The molecule has 0 fully saturated rings. The largest absolute Gasteiger partial charge is 0.507 e. The number of rotatable bonds is 2. The summed E-state index contributed by atoms with van der Waals surface area (Å²) in [4.78, 5) is 0. The molecular weight excluding hydrogens is 219 g/mol. The number of phenolic OH excluding ortho intramolecular Hbond substituents is 1. The van der Waals surface area contributed by atoms with Gasteiger partial charge >= 0.3 is 7.80 Å². The molecule has 3 heteroatoms. The van der Waals surface area contributed by atoms with Crippen LogP contribution < -0.4 is 5.30 Å². The number of hydrogen-bond donors (Lipinski definition) is 1. The Morgan fingerprint density at radius 2 is 1.50 bits per heavy atom. The van der Waals surface area contributed by atoms with Crippen LogP contribution in [0.25, 0.3) is 11.1 Å². The molecule has 0 saturated heterocycles. The van der Waals surface area contributed by atoms with Crippen LogP contribution in [0.5, 0.6) is 5.75 Å². The van der Waals surface area contributed by atoms with Crippen molar-refractivity contribution in [2.24, 2.45) is 0 Å². The zero-order valence-electron chi connectivity index (χ0n) is 8.92. The summed E-state index contributed by atoms with van der Waals surface area (Å²) >= 11 is 0. The van der Waals surface area contributed by atoms with Gasteiger partial charge in [0.25, 0.3) is 0 Å². The number of hydrogen-bond acceptors (Lipinski definition) is 2. The Morgan fingerprint density at radius 3 is 2.12 bits per heavy atom. The molecule has 0 aliphatic rings. The average Bonchev–Trinajstić information content (AvgIpc) is 2.29. The Balaban J connectivity index is 2.65. The smallest absolute Gasteiger partial charge is 0.374 e. The summed E-state index contributed by atoms with van der Waals surface area (Å²) in [5.41, 5.74) is 1.56. The van der Waals surface area contributed by atoms with E-state index < -0.39 is 7.80 Å². The number of phenols is 1. The number of aromatic hydroxyl groups is 1. The van der Waals surface area contributed by atoms with Gasteiger partial charge in [0.15, 0.2) is 5.30 Å². The minimum Gasteiger partial charge on any atom is -0.507 e. The van der Waals surface area contributed by atoms with Crippen molar-refractivity contribution in [2.45, 2.75) is 0 Å². The first-order valence-electron chi connectivity index (χ1n) is 4.98. The lowest BCUT2D eigenvalue weighted by Crippen LogP contribution is -2.00. The van der Waals surface area contributed by atoms with E-state index in [2.05, 4.69) is 0 Å². The van der Waals surface area contributed by atoms with E-state index in [1.54, 1.807) is 18.8 Å². The maximum Gasteiger partial charge on any atom is 0.374 e. The van der Waals surface area contributed by atoms with Crippen molar-refractivity contribution in [1.82, 2.24) is 0 Å². The predicted octanol–water partition coefficient (Wildman–Crippen LogP) is 3.14. The molecule has 2 aromatic rings. The zero-order chi connectivity index (χ0) is 11.5. The molecule has 0 amide bonds. The number of para-hydroxylation sites is 1. The van der Waals surface area contributed by atoms with Gasteiger partial charge in [-0.15, -0.1) is 0 Å². The summed E-state index contributed by atoms with van der Waals surface area (Å²) < 4.78 is 11.6. The third-order valence-electron chi connectivity index (χ3n) is 2.44. The molecule has 16 heavy (non-hydrogen) atoms. The maximum absolute atomic E-state index is 11.6. The van der Waals surface area contributed by atoms with E-state index in [0.29, 0.717) is 0 Å². The molecule has 0 spiro atoms. The van der Waals surface area contributed by atoms with E-state index in [9.17, 15) is 9.67 Å². The normalized spacial score (nSPS) is 11.2. The van der Waals surface area contributed by atoms with Gasteiger partial charge < -0.3 is 5.11 Å². The van der Waals surface area contributed by atoms with Crippen molar-refractivity contribution >= 4 is 13.1 Å². The van der Waals surface area contributed by atoms with Crippen molar-refractivity contribution < 1.29 is 9.67 Å². The van der Waals surface area contributed by atoms with Crippen molar-refractivity contribution in [1.29, 1.82) is 0 Å². The number of benzene rings is 2. The second kappa shape index (κ2) is 4.46. The fraction of sp³-hybridized carbons (Fsp3) is 0.0769. The standard InChI is InChI=1S/C13H11O2P/c1-16(15)13-9-5-3-7-11(13)10-6-2-4-8-12(10)14/h2-9H,1H3/p+1. The highest BCUT2D eigenvalue weighted by Gasteiger charge is 2.19. The topological polar surface area (TPSA) is 37.3 Å². The average molecular weight is 231 g/mol. The minimum absolute atomic E-state index is 0.215. The molecule has 2 aromatic carbocycles. The first-order chi connectivity index (χ1) is 7.70. The molecule has 2 rings (SSSR count). The lowest BCUT2D eigenvalue weighted by Gasteiger charge is -2.04. The fourth-order valence-corrected chi connectivity index (χ4v) is 2.51. The van der Waals surface area contributed by atoms with Gasteiger partial charge in [-0.05, 0) is 18.2 Å². The van der Waals surface area contributed by atoms with Gasteiger partial charge in [-0.2, -0.15) is 0 Å². The monoisotopic (exact) mass is 231 g/mol. The van der Waals surface area contributed by atoms with Gasteiger partial charge in [-0.3, -0.25) is 0 Å². The third kappa shape index (κ3) is 1.98. The lowest BCUT2D eigenvalue weighted by atomic mass is 10.0. The Hall–Kier alpha value is -1.66. The Morgan fingerprint density at radius 1 is 0.938 bits per heavy atom. The molecular formula is C13H12O2P+. The summed E-state index contributed by atoms with van der Waals surface area (Å²) in [5, 5.41) is 10.6. The molecule has 0 heterocycles. The molecule has 1 atom stereocenters. The molecule has 0 aromatic heterocycles. The van der Waals surface area contributed by atoms with Gasteiger partial charge in [-0.1, -0.05) is 34.9 Å². The summed E-state index contributed by atoms with van der Waals surface area (Å²) in [6.45, 7) is 1.67. The van der Waals surface area contributed by atoms with E-state index in [1.807, 2.05) is 36.4 Å². The van der Waals surface area contributed by atoms with Crippen LogP contribution in [-0.2, 0) is 4.57 Å². The molecule has 1 N–H and O–H groups in total. The second-order valence-electron chi connectivity index (χ2n) is 3.53. The zero-order valence-corrected chi connectivity index (χ0v) is 9.82. The SMILES string of the molecule is C[P+](=O)c1ccccc1-c1ccccc1O. The van der Waals surface area contributed by atoms with Crippen LogP contribution in [0.4, 0.5) is 0 Å². The first kappa shape index (κ1) is 10.8. The predicted molar refractivity (Wildman–Crippen MR) is 66.7 cm³/mol. The highest BCUT2D eigenvalue weighted by molar-refractivity contribution is 7.53. The summed E-state index contributed by atoms with van der Waals surface area (Å²) in [5.74, 6) is 0.215. The van der Waals surface area contributed by atoms with Crippen molar-refractivity contribution in [2.75, 3.05) is 6.66 Å². The Labute approximate surface area is 95.4 Å². The van der Waals surface area contributed by atoms with Crippen LogP contribution in [0.15, 0.2) is 48.5 Å². The van der Waals surface area contributed by atoms with Gasteiger partial charge in [-0.25, -0.2) is 0 Å². The summed E-state index contributed by atoms with van der Waals surface area (Å²) in [6, 6.07) is 14.5. The van der Waals surface area contributed by atoms with Crippen molar-refractivity contribution in [3.63, 3.8) is 0 Å². The summed E-state index contributed by atoms with van der Waals surface area (Å²) in [6.07, 6.45) is 0. The molecule has 0 bridgehead atoms. The van der Waals surface area contributed by atoms with Gasteiger partial charge in [0.2, 0.25) is 0 Å². The second-order valence-corrected chi connectivity index (χ2v) is 5.01. The minimum atomic E-state index is -1.41. The molecule has 0 aliphatic heterocycles. The Bertz CT molecular complexity index is 535. The first-order valence-corrected chi connectivity index (χ1v) is 6.69. The van der Waals surface area contributed by atoms with Gasteiger partial charge in [0.05, 0.1) is 0 Å². The van der Waals surface area contributed by atoms with E-state index in [0.717, 1.165) is 16.4 Å². The summed E-state index contributed by atoms with van der Waals surface area (Å²) in [7, 11) is -1.41. The highest BCUT2D eigenvalue weighted by Crippen LogP contribution is 2.31. The van der Waals surface area contributed by atoms with E-state index in [1.165, 1.54) is 0 Å². The highest BCUT2D eigenvalue weighted by atomic mass is 31.1. The maximum atomic E-state index is 11.6. The van der Waals surface area contributed by atoms with Crippen LogP contribution in [-0.4, -0.2) is 11.8 Å². The van der Waals surface area contributed by atoms with Crippen molar-refractivity contribution in [3.8, 4) is 16.9 Å². The van der Waals surface area contributed by atoms with E-state index >= 15 is 0 Å². The molecule has 0 radical (unpaired) electrons. The molecule has 0 aliphatic carbocycles. The van der Waals surface area contributed by atoms with Crippen LogP contribution in [0.3, 0.4) is 0 Å². The molecule has 80 valence electrons. The fourth-order valence-electron chi connectivity index (χ4n) is 1.68. The molecule has 2 nitrogen and oxygen atoms in total. The van der Waals surface area contributed by atoms with Crippen LogP contribution in [0.2, 0.25) is 0 Å². The van der Waals surface area contributed by atoms with E-state index in [-0.39, 0.29) is 5.75 Å². The lowest BCUT2D eigenvalue weighted by molar-refractivity contribution is 0.477. The molecule has 0 saturated carbocycles. The third-order valence-corrected chi connectivity index (χ3v) is 3.51. The van der Waals surface area contributed by atoms with Gasteiger partial charge in [0.1, 0.15) is 12.4 Å². The van der Waals surface area contributed by atoms with Crippen LogP contribution in [0, 0.1) is 0 Å². The van der Waals surface area contributed by atoms with E-state index in [4.69, 9.17) is 0 Å². The van der Waals surface area contributed by atoms with Gasteiger partial charge in [0, 0.05) is 11.1 Å². The molecule has 1 unspecified atom stereocenters. The quantitative estimate of drug-likeness (QED) is 0.806. The van der Waals surface area contributed by atoms with Crippen molar-refractivity contribution in [3.05, 3.63) is 48.5 Å².